The maximum Gasteiger partial charge on any atom is 0.0361 e. The third-order valence-corrected chi connectivity index (χ3v) is 4.48. The number of hydrogen-bond donors (Lipinski definition) is 1. The molecule has 0 aromatic carbocycles. The minimum atomic E-state index is 0.656. The minimum absolute atomic E-state index is 0.656. The van der Waals surface area contributed by atoms with Gasteiger partial charge in [-0.2, -0.15) is 0 Å². The predicted molar refractivity (Wildman–Crippen MR) is 77.6 cm³/mol. The van der Waals surface area contributed by atoms with E-state index in [9.17, 15) is 0 Å². The van der Waals surface area contributed by atoms with Crippen LogP contribution >= 0.6 is 0 Å². The first kappa shape index (κ1) is 13.7. The fraction of sp³-hybridized carbons (Fsp3) is 0.750. The molecule has 1 atom stereocenters. The Balaban J connectivity index is 1.81. The van der Waals surface area contributed by atoms with Crippen molar-refractivity contribution >= 4 is 0 Å². The van der Waals surface area contributed by atoms with Crippen LogP contribution in [0, 0.1) is 5.92 Å². The average molecular weight is 248 g/mol. The van der Waals surface area contributed by atoms with Crippen molar-refractivity contribution in [3.8, 4) is 0 Å². The molecule has 1 N–H and O–H groups in total. The number of nitrogens with one attached hydrogen (secondary N) is 1. The Morgan fingerprint density at radius 1 is 1.28 bits per heavy atom. The summed E-state index contributed by atoms with van der Waals surface area (Å²) in [6, 6.07) is 5.04. The number of hydrogen-bond acceptors (Lipinski definition) is 1. The lowest BCUT2D eigenvalue weighted by Gasteiger charge is -2.24. The molecule has 1 heterocycles. The molecule has 1 aromatic heterocycles. The van der Waals surface area contributed by atoms with Gasteiger partial charge >= 0.3 is 0 Å². The van der Waals surface area contributed by atoms with E-state index in [-0.39, 0.29) is 0 Å². The van der Waals surface area contributed by atoms with E-state index in [1.165, 1.54) is 44.2 Å². The second-order valence-electron chi connectivity index (χ2n) is 5.71. The van der Waals surface area contributed by atoms with Crippen LogP contribution in [0.25, 0.3) is 0 Å². The molecule has 1 aromatic rings. The normalized spacial score (nSPS) is 19.7. The molecule has 2 heteroatoms. The van der Waals surface area contributed by atoms with Crippen LogP contribution in [0.1, 0.15) is 58.1 Å². The first-order valence-electron chi connectivity index (χ1n) is 7.68. The van der Waals surface area contributed by atoms with Gasteiger partial charge in [-0.05, 0) is 44.7 Å². The fourth-order valence-corrected chi connectivity index (χ4v) is 3.16. The highest BCUT2D eigenvalue weighted by Crippen LogP contribution is 2.25. The molecule has 1 fully saturated rings. The van der Waals surface area contributed by atoms with E-state index in [1.807, 2.05) is 0 Å². The lowest BCUT2D eigenvalue weighted by atomic mass is 9.93. The largest absolute Gasteiger partial charge is 0.351 e. The van der Waals surface area contributed by atoms with Gasteiger partial charge < -0.3 is 9.88 Å². The van der Waals surface area contributed by atoms with E-state index in [1.54, 1.807) is 0 Å². The van der Waals surface area contributed by atoms with Crippen LogP contribution in [-0.2, 0) is 13.1 Å². The molecule has 0 amide bonds. The topological polar surface area (TPSA) is 17.0 Å². The van der Waals surface area contributed by atoms with Crippen LogP contribution in [0.4, 0.5) is 0 Å². The van der Waals surface area contributed by atoms with Crippen molar-refractivity contribution in [3.63, 3.8) is 0 Å². The summed E-state index contributed by atoms with van der Waals surface area (Å²) in [7, 11) is 0. The summed E-state index contributed by atoms with van der Waals surface area (Å²) >= 11 is 0. The molecule has 0 radical (unpaired) electrons. The number of aromatic nitrogens is 1. The van der Waals surface area contributed by atoms with E-state index in [0.29, 0.717) is 6.04 Å². The maximum absolute atomic E-state index is 3.74. The average Bonchev–Trinajstić information content (AvgIpc) is 2.67. The van der Waals surface area contributed by atoms with Crippen molar-refractivity contribution in [2.75, 3.05) is 0 Å². The molecule has 0 bridgehead atoms. The lowest BCUT2D eigenvalue weighted by molar-refractivity contribution is 0.334. The first-order chi connectivity index (χ1) is 8.81. The van der Waals surface area contributed by atoms with Crippen LogP contribution in [0.15, 0.2) is 18.3 Å². The van der Waals surface area contributed by atoms with E-state index in [4.69, 9.17) is 0 Å². The SMILES string of the molecule is CCn1cccc1CN[C@H](C)C1CCCCCC1. The summed E-state index contributed by atoms with van der Waals surface area (Å²) in [6.45, 7) is 6.66. The Hall–Kier alpha value is -0.760. The third kappa shape index (κ3) is 3.61. The van der Waals surface area contributed by atoms with Crippen molar-refractivity contribution in [3.05, 3.63) is 24.0 Å². The summed E-state index contributed by atoms with van der Waals surface area (Å²) in [5, 5.41) is 3.74. The minimum Gasteiger partial charge on any atom is -0.351 e. The van der Waals surface area contributed by atoms with Crippen LogP contribution in [0.3, 0.4) is 0 Å². The molecule has 0 unspecified atom stereocenters. The van der Waals surface area contributed by atoms with Crippen LogP contribution in [-0.4, -0.2) is 10.6 Å². The molecular formula is C16H28N2. The van der Waals surface area contributed by atoms with Crippen molar-refractivity contribution in [1.29, 1.82) is 0 Å². The third-order valence-electron chi connectivity index (χ3n) is 4.48. The lowest BCUT2D eigenvalue weighted by Crippen LogP contribution is -2.33. The summed E-state index contributed by atoms with van der Waals surface area (Å²) in [5.41, 5.74) is 1.41. The summed E-state index contributed by atoms with van der Waals surface area (Å²) in [5.74, 6) is 0.887. The molecule has 2 nitrogen and oxygen atoms in total. The zero-order valence-electron chi connectivity index (χ0n) is 12.0. The predicted octanol–water partition coefficient (Wildman–Crippen LogP) is 3.96. The number of rotatable bonds is 5. The van der Waals surface area contributed by atoms with Gasteiger partial charge in [0.1, 0.15) is 0 Å². The van der Waals surface area contributed by atoms with Gasteiger partial charge in [-0.15, -0.1) is 0 Å². The molecule has 0 aliphatic heterocycles. The molecule has 1 aliphatic rings. The van der Waals surface area contributed by atoms with Crippen molar-refractivity contribution in [2.24, 2.45) is 5.92 Å². The van der Waals surface area contributed by atoms with Crippen LogP contribution in [0.2, 0.25) is 0 Å². The molecule has 0 saturated heterocycles. The van der Waals surface area contributed by atoms with Crippen molar-refractivity contribution in [1.82, 2.24) is 9.88 Å². The van der Waals surface area contributed by atoms with Gasteiger partial charge in [-0.3, -0.25) is 0 Å². The first-order valence-corrected chi connectivity index (χ1v) is 7.68. The highest BCUT2D eigenvalue weighted by atomic mass is 15.0. The van der Waals surface area contributed by atoms with Crippen molar-refractivity contribution in [2.45, 2.75) is 71.5 Å². The molecule has 2 rings (SSSR count). The van der Waals surface area contributed by atoms with Gasteiger partial charge in [-0.25, -0.2) is 0 Å². The Labute approximate surface area is 112 Å². The second-order valence-corrected chi connectivity index (χ2v) is 5.71. The summed E-state index contributed by atoms with van der Waals surface area (Å²) in [6.07, 6.45) is 10.8. The van der Waals surface area contributed by atoms with Gasteiger partial charge in [0, 0.05) is 31.0 Å². The van der Waals surface area contributed by atoms with Gasteiger partial charge in [0.05, 0.1) is 0 Å². The van der Waals surface area contributed by atoms with Gasteiger partial charge in [-0.1, -0.05) is 25.7 Å². The van der Waals surface area contributed by atoms with Crippen LogP contribution in [0.5, 0.6) is 0 Å². The monoisotopic (exact) mass is 248 g/mol. The maximum atomic E-state index is 3.74. The summed E-state index contributed by atoms with van der Waals surface area (Å²) < 4.78 is 2.33. The second kappa shape index (κ2) is 6.98. The molecular weight excluding hydrogens is 220 g/mol. The number of nitrogens with zero attached hydrogens (tertiary/aromatic N) is 1. The summed E-state index contributed by atoms with van der Waals surface area (Å²) in [4.78, 5) is 0. The number of aryl methyl sites for hydroxylation is 1. The molecule has 1 saturated carbocycles. The van der Waals surface area contributed by atoms with Gasteiger partial charge in [0.15, 0.2) is 0 Å². The Kier molecular flexibility index (Phi) is 5.30. The molecule has 102 valence electrons. The Morgan fingerprint density at radius 2 is 2.00 bits per heavy atom. The van der Waals surface area contributed by atoms with Crippen molar-refractivity contribution < 1.29 is 0 Å². The molecule has 0 spiro atoms. The highest BCUT2D eigenvalue weighted by molar-refractivity contribution is 5.06. The van der Waals surface area contributed by atoms with Gasteiger partial charge in [0.25, 0.3) is 0 Å². The van der Waals surface area contributed by atoms with E-state index >= 15 is 0 Å². The van der Waals surface area contributed by atoms with Gasteiger partial charge in [0.2, 0.25) is 0 Å². The standard InChI is InChI=1S/C16H28N2/c1-3-18-12-8-11-16(18)13-17-14(2)15-9-6-4-5-7-10-15/h8,11-12,14-15,17H,3-7,9-10,13H2,1-2H3/t14-/m1/s1. The Bertz CT molecular complexity index is 335. The highest BCUT2D eigenvalue weighted by Gasteiger charge is 2.18. The zero-order valence-corrected chi connectivity index (χ0v) is 12.0. The fourth-order valence-electron chi connectivity index (χ4n) is 3.16. The van der Waals surface area contributed by atoms with E-state index in [0.717, 1.165) is 19.0 Å². The quantitative estimate of drug-likeness (QED) is 0.781. The smallest absolute Gasteiger partial charge is 0.0361 e. The van der Waals surface area contributed by atoms with Crippen LogP contribution < -0.4 is 5.32 Å². The van der Waals surface area contributed by atoms with E-state index < -0.39 is 0 Å². The zero-order chi connectivity index (χ0) is 12.8. The molecule has 18 heavy (non-hydrogen) atoms. The Morgan fingerprint density at radius 3 is 2.67 bits per heavy atom. The molecule has 1 aliphatic carbocycles. The van der Waals surface area contributed by atoms with E-state index in [2.05, 4.69) is 42.1 Å².